The monoisotopic (exact) mass is 322 g/mol. The van der Waals surface area contributed by atoms with Crippen LogP contribution in [0.25, 0.3) is 0 Å². The smallest absolute Gasteiger partial charge is 0.325 e. The van der Waals surface area contributed by atoms with Gasteiger partial charge in [0.2, 0.25) is 0 Å². The highest BCUT2D eigenvalue weighted by Crippen LogP contribution is 2.11. The van der Waals surface area contributed by atoms with Crippen LogP contribution in [0.5, 0.6) is 0 Å². The molecule has 126 valence electrons. The van der Waals surface area contributed by atoms with Crippen molar-refractivity contribution in [1.82, 2.24) is 0 Å². The van der Waals surface area contributed by atoms with Gasteiger partial charge in [0.25, 0.3) is 0 Å². The molecule has 21 heavy (non-hydrogen) atoms. The zero-order valence-electron chi connectivity index (χ0n) is 13.4. The van der Waals surface area contributed by atoms with Gasteiger partial charge in [-0.25, -0.2) is 4.18 Å². The lowest BCUT2D eigenvalue weighted by atomic mass is 10.1. The van der Waals surface area contributed by atoms with E-state index in [0.29, 0.717) is 6.42 Å². The fraction of sp³-hybridized carbons (Fsp3) is 0.933. The average Bonchev–Trinajstić information content (AvgIpc) is 2.44. The van der Waals surface area contributed by atoms with E-state index in [1.165, 1.54) is 51.9 Å². The lowest BCUT2D eigenvalue weighted by Gasteiger charge is -2.05. The lowest BCUT2D eigenvalue weighted by molar-refractivity contribution is -0.134. The molecule has 0 aromatic heterocycles. The summed E-state index contributed by atoms with van der Waals surface area (Å²) in [5.41, 5.74) is 0. The zero-order valence-corrected chi connectivity index (χ0v) is 14.3. The lowest BCUT2D eigenvalue weighted by Crippen LogP contribution is -2.15. The molecule has 0 aromatic rings. The Hall–Kier alpha value is -0.620. The van der Waals surface area contributed by atoms with Crippen molar-refractivity contribution >= 4 is 16.4 Å². The van der Waals surface area contributed by atoms with Crippen LogP contribution < -0.4 is 0 Å². The first-order valence-corrected chi connectivity index (χ1v) is 9.46. The Labute approximate surface area is 129 Å². The van der Waals surface area contributed by atoms with Gasteiger partial charge < -0.3 is 4.18 Å². The molecule has 0 amide bonds. The van der Waals surface area contributed by atoms with Crippen LogP contribution in [0, 0.1) is 0 Å². The maximum atomic E-state index is 11.2. The van der Waals surface area contributed by atoms with E-state index in [0.717, 1.165) is 12.8 Å². The van der Waals surface area contributed by atoms with Crippen LogP contribution in [-0.4, -0.2) is 21.0 Å². The van der Waals surface area contributed by atoms with Gasteiger partial charge in [-0.05, 0) is 6.42 Å². The van der Waals surface area contributed by atoms with Crippen molar-refractivity contribution < 1.29 is 21.6 Å². The summed E-state index contributed by atoms with van der Waals surface area (Å²) in [5.74, 6) is -0.793. The summed E-state index contributed by atoms with van der Waals surface area (Å²) in [5, 5.41) is 0. The van der Waals surface area contributed by atoms with E-state index in [1.54, 1.807) is 0 Å². The van der Waals surface area contributed by atoms with Crippen molar-refractivity contribution in [1.29, 1.82) is 0 Å². The molecule has 0 radical (unpaired) electrons. The quantitative estimate of drug-likeness (QED) is 0.450. The Morgan fingerprint density at radius 1 is 0.810 bits per heavy atom. The normalized spacial score (nSPS) is 11.5. The third-order valence-corrected chi connectivity index (χ3v) is 4.05. The Bertz CT molecular complexity index is 351. The maximum Gasteiger partial charge on any atom is 0.451 e. The van der Waals surface area contributed by atoms with Gasteiger partial charge in [-0.1, -0.05) is 71.6 Å². The first-order chi connectivity index (χ1) is 10.0. The van der Waals surface area contributed by atoms with Crippen LogP contribution in [0.3, 0.4) is 0 Å². The predicted octanol–water partition coefficient (Wildman–Crippen LogP) is 4.12. The minimum Gasteiger partial charge on any atom is -0.325 e. The summed E-state index contributed by atoms with van der Waals surface area (Å²) in [6.45, 7) is 3.82. The largest absolute Gasteiger partial charge is 0.451 e. The Morgan fingerprint density at radius 3 is 1.76 bits per heavy atom. The third-order valence-electron chi connectivity index (χ3n) is 3.21. The molecule has 0 bridgehead atoms. The molecule has 0 spiro atoms. The van der Waals surface area contributed by atoms with Crippen LogP contribution in [0.15, 0.2) is 0 Å². The molecule has 0 N–H and O–H groups in total. The third kappa shape index (κ3) is 14.1. The topological polar surface area (TPSA) is 69.7 Å². The van der Waals surface area contributed by atoms with Crippen LogP contribution in [-0.2, 0) is 23.6 Å². The predicted molar refractivity (Wildman–Crippen MR) is 83.1 cm³/mol. The van der Waals surface area contributed by atoms with E-state index in [4.69, 9.17) is 0 Å². The highest BCUT2D eigenvalue weighted by molar-refractivity contribution is 7.82. The molecular weight excluding hydrogens is 292 g/mol. The minimum atomic E-state index is -4.15. The number of carbonyl (C=O) groups excluding carboxylic acids is 1. The Kier molecular flexibility index (Phi) is 12.7. The van der Waals surface area contributed by atoms with E-state index >= 15 is 0 Å². The van der Waals surface area contributed by atoms with Gasteiger partial charge in [-0.3, -0.25) is 4.79 Å². The number of rotatable bonds is 14. The molecule has 5 nitrogen and oxygen atoms in total. The van der Waals surface area contributed by atoms with E-state index in [2.05, 4.69) is 15.3 Å². The molecule has 0 unspecified atom stereocenters. The van der Waals surface area contributed by atoms with Gasteiger partial charge in [0.05, 0.1) is 6.61 Å². The highest BCUT2D eigenvalue weighted by atomic mass is 32.3. The molecule has 0 aliphatic heterocycles. The maximum absolute atomic E-state index is 11.2. The summed E-state index contributed by atoms with van der Waals surface area (Å²) >= 11 is 0. The molecule has 0 aromatic carbocycles. The molecule has 0 fully saturated rings. The summed E-state index contributed by atoms with van der Waals surface area (Å²) in [7, 11) is -4.15. The first kappa shape index (κ1) is 20.4. The molecule has 0 aliphatic rings. The summed E-state index contributed by atoms with van der Waals surface area (Å²) in [4.78, 5) is 10.8. The van der Waals surface area contributed by atoms with Gasteiger partial charge in [0.15, 0.2) is 0 Å². The number of hydrogen-bond acceptors (Lipinski definition) is 5. The average molecular weight is 322 g/mol. The molecule has 0 heterocycles. The second kappa shape index (κ2) is 13.1. The Balaban J connectivity index is 3.38. The SMILES string of the molecule is CCCCCCCCCCCCOS(=O)(=O)OC(=O)CC. The molecule has 0 saturated carbocycles. The van der Waals surface area contributed by atoms with Gasteiger partial charge in [-0.15, -0.1) is 0 Å². The highest BCUT2D eigenvalue weighted by Gasteiger charge is 2.16. The second-order valence-corrected chi connectivity index (χ2v) is 6.44. The number of carbonyl (C=O) groups is 1. The van der Waals surface area contributed by atoms with Gasteiger partial charge in [0, 0.05) is 6.42 Å². The summed E-state index contributed by atoms with van der Waals surface area (Å²) < 4.78 is 31.2. The van der Waals surface area contributed by atoms with E-state index < -0.39 is 16.4 Å². The van der Waals surface area contributed by atoms with Crippen LogP contribution in [0.4, 0.5) is 0 Å². The van der Waals surface area contributed by atoms with E-state index in [1.807, 2.05) is 0 Å². The molecule has 0 aliphatic carbocycles. The molecule has 0 saturated heterocycles. The van der Waals surface area contributed by atoms with Crippen molar-refractivity contribution in [3.63, 3.8) is 0 Å². The van der Waals surface area contributed by atoms with Gasteiger partial charge in [-0.2, -0.15) is 8.42 Å². The second-order valence-electron chi connectivity index (χ2n) is 5.22. The number of unbranched alkanes of at least 4 members (excludes halogenated alkanes) is 9. The van der Waals surface area contributed by atoms with Gasteiger partial charge >= 0.3 is 16.4 Å². The summed E-state index contributed by atoms with van der Waals surface area (Å²) in [6.07, 6.45) is 11.7. The van der Waals surface area contributed by atoms with Crippen molar-refractivity contribution in [3.05, 3.63) is 0 Å². The van der Waals surface area contributed by atoms with Crippen LogP contribution >= 0.6 is 0 Å². The van der Waals surface area contributed by atoms with Gasteiger partial charge in [0.1, 0.15) is 0 Å². The minimum absolute atomic E-state index is 0.0147. The van der Waals surface area contributed by atoms with E-state index in [-0.39, 0.29) is 13.0 Å². The molecular formula is C15H30O5S. The summed E-state index contributed by atoms with van der Waals surface area (Å²) in [6, 6.07) is 0. The number of hydrogen-bond donors (Lipinski definition) is 0. The Morgan fingerprint density at radius 2 is 1.29 bits per heavy atom. The molecule has 0 rings (SSSR count). The van der Waals surface area contributed by atoms with Crippen molar-refractivity contribution in [2.45, 2.75) is 84.5 Å². The van der Waals surface area contributed by atoms with Crippen LogP contribution in [0.1, 0.15) is 84.5 Å². The fourth-order valence-electron chi connectivity index (χ4n) is 1.95. The van der Waals surface area contributed by atoms with Crippen molar-refractivity contribution in [3.8, 4) is 0 Å². The fourth-order valence-corrected chi connectivity index (χ4v) is 2.66. The zero-order chi connectivity index (χ0) is 16.0. The standard InChI is InChI=1S/C15H30O5S/c1-3-5-6-7-8-9-10-11-12-13-14-19-21(17,18)20-15(16)4-2/h3-14H2,1-2H3. The molecule has 6 heteroatoms. The van der Waals surface area contributed by atoms with E-state index in [9.17, 15) is 13.2 Å². The molecule has 0 atom stereocenters. The first-order valence-electron chi connectivity index (χ1n) is 8.13. The van der Waals surface area contributed by atoms with Crippen molar-refractivity contribution in [2.24, 2.45) is 0 Å². The van der Waals surface area contributed by atoms with Crippen molar-refractivity contribution in [2.75, 3.05) is 6.61 Å². The van der Waals surface area contributed by atoms with Crippen LogP contribution in [0.2, 0.25) is 0 Å².